The zero-order valence-electron chi connectivity index (χ0n) is 12.0. The van der Waals surface area contributed by atoms with Gasteiger partial charge < -0.3 is 10.0 Å². The molecule has 108 valence electrons. The highest BCUT2D eigenvalue weighted by Gasteiger charge is 2.26. The predicted octanol–water partition coefficient (Wildman–Crippen LogP) is 2.43. The van der Waals surface area contributed by atoms with Crippen molar-refractivity contribution in [2.45, 2.75) is 26.7 Å². The van der Waals surface area contributed by atoms with Crippen LogP contribution in [0.5, 0.6) is 0 Å². The maximum Gasteiger partial charge on any atom is 0.335 e. The molecule has 1 amide bonds. The van der Waals surface area contributed by atoms with Crippen LogP contribution in [0, 0.1) is 11.8 Å². The van der Waals surface area contributed by atoms with Gasteiger partial charge in [0, 0.05) is 13.1 Å². The summed E-state index contributed by atoms with van der Waals surface area (Å²) in [5.41, 5.74) is 0.815. The Bertz CT molecular complexity index is 512. The molecule has 1 fully saturated rings. The van der Waals surface area contributed by atoms with Crippen molar-refractivity contribution in [3.05, 3.63) is 35.4 Å². The molecule has 0 saturated carbocycles. The van der Waals surface area contributed by atoms with E-state index in [2.05, 4.69) is 13.8 Å². The van der Waals surface area contributed by atoms with Gasteiger partial charge in [-0.3, -0.25) is 4.79 Å². The van der Waals surface area contributed by atoms with E-state index in [0.717, 1.165) is 19.5 Å². The normalized spacial score (nSPS) is 22.6. The first kappa shape index (κ1) is 14.6. The summed E-state index contributed by atoms with van der Waals surface area (Å²) in [6, 6.07) is 6.72. The van der Waals surface area contributed by atoms with Crippen LogP contribution >= 0.6 is 0 Å². The van der Waals surface area contributed by atoms with Crippen molar-refractivity contribution >= 4 is 11.9 Å². The lowest BCUT2D eigenvalue weighted by molar-refractivity contribution is -0.132. The zero-order valence-corrected chi connectivity index (χ0v) is 12.0. The van der Waals surface area contributed by atoms with E-state index in [1.165, 1.54) is 0 Å². The first-order valence-electron chi connectivity index (χ1n) is 7.08. The molecule has 20 heavy (non-hydrogen) atoms. The van der Waals surface area contributed by atoms with Crippen molar-refractivity contribution in [2.24, 2.45) is 11.8 Å². The second-order valence-electron chi connectivity index (χ2n) is 5.72. The van der Waals surface area contributed by atoms with Crippen molar-refractivity contribution in [1.29, 1.82) is 0 Å². The summed E-state index contributed by atoms with van der Waals surface area (Å²) in [5, 5.41) is 9.14. The molecule has 0 aliphatic carbocycles. The highest BCUT2D eigenvalue weighted by molar-refractivity contribution is 5.91. The highest BCUT2D eigenvalue weighted by atomic mass is 16.4. The number of amides is 1. The van der Waals surface area contributed by atoms with Crippen molar-refractivity contribution in [2.75, 3.05) is 13.1 Å². The van der Waals surface area contributed by atoms with E-state index in [9.17, 15) is 9.59 Å². The summed E-state index contributed by atoms with van der Waals surface area (Å²) < 4.78 is 0. The van der Waals surface area contributed by atoms with E-state index in [4.69, 9.17) is 5.11 Å². The molecule has 2 unspecified atom stereocenters. The zero-order chi connectivity index (χ0) is 14.7. The van der Waals surface area contributed by atoms with Crippen LogP contribution in [0.15, 0.2) is 24.3 Å². The van der Waals surface area contributed by atoms with E-state index >= 15 is 0 Å². The fourth-order valence-corrected chi connectivity index (χ4v) is 2.65. The van der Waals surface area contributed by atoms with Crippen LogP contribution < -0.4 is 0 Å². The highest BCUT2D eigenvalue weighted by Crippen LogP contribution is 2.23. The fraction of sp³-hybridized carbons (Fsp3) is 0.500. The van der Waals surface area contributed by atoms with Gasteiger partial charge >= 0.3 is 5.97 Å². The first-order valence-corrected chi connectivity index (χ1v) is 7.08. The maximum atomic E-state index is 12.3. The molecule has 0 spiro atoms. The number of benzene rings is 1. The summed E-state index contributed by atoms with van der Waals surface area (Å²) in [7, 11) is 0. The molecular weight excluding hydrogens is 254 g/mol. The monoisotopic (exact) mass is 275 g/mol. The minimum atomic E-state index is -0.978. The second-order valence-corrected chi connectivity index (χ2v) is 5.72. The van der Waals surface area contributed by atoms with Crippen LogP contribution in [0.3, 0.4) is 0 Å². The SMILES string of the molecule is CC1CCN(C(=O)Cc2ccccc2C(=O)O)CC1C. The number of aromatic carboxylic acids is 1. The second kappa shape index (κ2) is 6.07. The van der Waals surface area contributed by atoms with E-state index in [1.807, 2.05) is 4.90 Å². The van der Waals surface area contributed by atoms with Gasteiger partial charge in [-0.2, -0.15) is 0 Å². The minimum Gasteiger partial charge on any atom is -0.478 e. The molecule has 2 rings (SSSR count). The number of carbonyl (C=O) groups excluding carboxylic acids is 1. The van der Waals surface area contributed by atoms with Gasteiger partial charge in [0.25, 0.3) is 0 Å². The smallest absolute Gasteiger partial charge is 0.335 e. The van der Waals surface area contributed by atoms with E-state index in [-0.39, 0.29) is 17.9 Å². The third-order valence-electron chi connectivity index (χ3n) is 4.28. The van der Waals surface area contributed by atoms with E-state index in [1.54, 1.807) is 24.3 Å². The van der Waals surface area contributed by atoms with Crippen molar-refractivity contribution in [3.8, 4) is 0 Å². The van der Waals surface area contributed by atoms with Gasteiger partial charge in [0.05, 0.1) is 12.0 Å². The van der Waals surface area contributed by atoms with Crippen molar-refractivity contribution < 1.29 is 14.7 Å². The Morgan fingerprint density at radius 1 is 1.25 bits per heavy atom. The summed E-state index contributed by atoms with van der Waals surface area (Å²) in [5.74, 6) is 0.194. The molecule has 1 N–H and O–H groups in total. The number of hydrogen-bond acceptors (Lipinski definition) is 2. The fourth-order valence-electron chi connectivity index (χ4n) is 2.65. The standard InChI is InChI=1S/C16H21NO3/c1-11-7-8-17(10-12(11)2)15(18)9-13-5-3-4-6-14(13)16(19)20/h3-6,11-12H,7-10H2,1-2H3,(H,19,20). The molecule has 0 aromatic heterocycles. The topological polar surface area (TPSA) is 57.6 Å². The Morgan fingerprint density at radius 3 is 2.60 bits per heavy atom. The molecule has 1 heterocycles. The molecular formula is C16H21NO3. The van der Waals surface area contributed by atoms with Crippen molar-refractivity contribution in [3.63, 3.8) is 0 Å². The quantitative estimate of drug-likeness (QED) is 0.921. The molecule has 1 aliphatic rings. The Kier molecular flexibility index (Phi) is 4.42. The third-order valence-corrected chi connectivity index (χ3v) is 4.28. The summed E-state index contributed by atoms with van der Waals surface area (Å²) >= 11 is 0. The molecule has 0 bridgehead atoms. The number of hydrogen-bond donors (Lipinski definition) is 1. The molecule has 4 heteroatoms. The Labute approximate surface area is 119 Å². The lowest BCUT2D eigenvalue weighted by Crippen LogP contribution is -2.43. The largest absolute Gasteiger partial charge is 0.478 e. The number of likely N-dealkylation sites (tertiary alicyclic amines) is 1. The van der Waals surface area contributed by atoms with Crippen molar-refractivity contribution in [1.82, 2.24) is 4.90 Å². The molecule has 2 atom stereocenters. The summed E-state index contributed by atoms with van der Waals surface area (Å²) in [6.07, 6.45) is 1.19. The molecule has 1 aromatic carbocycles. The molecule has 4 nitrogen and oxygen atoms in total. The van der Waals surface area contributed by atoms with Crippen LogP contribution in [0.4, 0.5) is 0 Å². The molecule has 1 aliphatic heterocycles. The Morgan fingerprint density at radius 2 is 1.95 bits per heavy atom. The number of piperidine rings is 1. The number of nitrogens with zero attached hydrogens (tertiary/aromatic N) is 1. The Hall–Kier alpha value is -1.84. The number of carboxylic acids is 1. The van der Waals surface area contributed by atoms with Crippen LogP contribution in [0.25, 0.3) is 0 Å². The number of carbonyl (C=O) groups is 2. The lowest BCUT2D eigenvalue weighted by Gasteiger charge is -2.35. The van der Waals surface area contributed by atoms with Gasteiger partial charge in [0.15, 0.2) is 0 Å². The maximum absolute atomic E-state index is 12.3. The van der Waals surface area contributed by atoms with Gasteiger partial charge in [-0.25, -0.2) is 4.79 Å². The van der Waals surface area contributed by atoms with Crippen LogP contribution in [-0.2, 0) is 11.2 Å². The van der Waals surface area contributed by atoms with Gasteiger partial charge in [-0.15, -0.1) is 0 Å². The van der Waals surface area contributed by atoms with Crippen LogP contribution in [0.2, 0.25) is 0 Å². The lowest BCUT2D eigenvalue weighted by atomic mass is 9.88. The first-order chi connectivity index (χ1) is 9.49. The van der Waals surface area contributed by atoms with Gasteiger partial charge in [0.1, 0.15) is 0 Å². The van der Waals surface area contributed by atoms with Gasteiger partial charge in [-0.05, 0) is 29.9 Å². The van der Waals surface area contributed by atoms with E-state index < -0.39 is 5.97 Å². The van der Waals surface area contributed by atoms with Crippen LogP contribution in [0.1, 0.15) is 36.2 Å². The van der Waals surface area contributed by atoms with Gasteiger partial charge in [0.2, 0.25) is 5.91 Å². The minimum absolute atomic E-state index is 0.0254. The predicted molar refractivity (Wildman–Crippen MR) is 76.6 cm³/mol. The Balaban J connectivity index is 2.07. The molecule has 0 radical (unpaired) electrons. The summed E-state index contributed by atoms with van der Waals surface area (Å²) in [4.78, 5) is 25.3. The molecule has 1 aromatic rings. The average molecular weight is 275 g/mol. The number of rotatable bonds is 3. The average Bonchev–Trinajstić information content (AvgIpc) is 2.42. The van der Waals surface area contributed by atoms with Gasteiger partial charge in [-0.1, -0.05) is 32.0 Å². The summed E-state index contributed by atoms with van der Waals surface area (Å²) in [6.45, 7) is 5.93. The number of carboxylic acid groups (broad SMARTS) is 1. The molecule has 1 saturated heterocycles. The van der Waals surface area contributed by atoms with Crippen LogP contribution in [-0.4, -0.2) is 35.0 Å². The van der Waals surface area contributed by atoms with E-state index in [0.29, 0.717) is 17.4 Å². The third kappa shape index (κ3) is 3.18.